The minimum Gasteiger partial charge on any atom is -0.508 e. The molecule has 1 aromatic rings. The third-order valence-electron chi connectivity index (χ3n) is 23.5. The zero-order valence-corrected chi connectivity index (χ0v) is 74.5. The van der Waals surface area contributed by atoms with E-state index in [9.17, 15) is 78.3 Å². The van der Waals surface area contributed by atoms with E-state index in [1.807, 2.05) is 111 Å². The first-order valence-electron chi connectivity index (χ1n) is 42.5. The van der Waals surface area contributed by atoms with Crippen molar-refractivity contribution >= 4 is 70.5 Å². The fourth-order valence-electron chi connectivity index (χ4n) is 16.3. The van der Waals surface area contributed by atoms with Crippen molar-refractivity contribution in [1.29, 1.82) is 0 Å². The molecule has 0 spiro atoms. The van der Waals surface area contributed by atoms with Crippen LogP contribution >= 0.6 is 0 Å². The summed E-state index contributed by atoms with van der Waals surface area (Å²) < 4.78 is 33.6. The van der Waals surface area contributed by atoms with Gasteiger partial charge in [-0.2, -0.15) is 0 Å². The first-order valence-corrected chi connectivity index (χ1v) is 42.5. The van der Waals surface area contributed by atoms with Crippen LogP contribution in [0.5, 0.6) is 5.75 Å². The Morgan fingerprint density at radius 1 is 0.610 bits per heavy atom. The molecule has 123 heavy (non-hydrogen) atoms. The van der Waals surface area contributed by atoms with Crippen molar-refractivity contribution in [2.75, 3.05) is 39.9 Å². The molecule has 27 heteroatoms. The second kappa shape index (κ2) is 51.2. The summed E-state index contributed by atoms with van der Waals surface area (Å²) >= 11 is 0. The second-order valence-electron chi connectivity index (χ2n) is 33.6. The van der Waals surface area contributed by atoms with E-state index in [-0.39, 0.29) is 112 Å². The number of aromatic hydroxyl groups is 1. The Labute approximate surface area is 724 Å². The summed E-state index contributed by atoms with van der Waals surface area (Å²) in [5.41, 5.74) is 15.3. The number of hydrogen-bond donors (Lipinski definition) is 10. The van der Waals surface area contributed by atoms with Crippen molar-refractivity contribution in [2.45, 2.75) is 229 Å². The molecule has 1 fully saturated rings. The number of benzene rings is 1. The Hall–Kier alpha value is -10.1. The van der Waals surface area contributed by atoms with Crippen LogP contribution < -0.4 is 27.4 Å². The minimum absolute atomic E-state index is 0.00226. The van der Waals surface area contributed by atoms with E-state index in [4.69, 9.17) is 39.9 Å². The maximum atomic E-state index is 13.3. The van der Waals surface area contributed by atoms with E-state index in [2.05, 4.69) is 16.0 Å². The maximum Gasteiger partial charge on any atom is 0.405 e. The van der Waals surface area contributed by atoms with Gasteiger partial charge in [0, 0.05) is 134 Å². The van der Waals surface area contributed by atoms with Crippen LogP contribution in [-0.2, 0) is 78.0 Å². The lowest BCUT2D eigenvalue weighted by atomic mass is 9.76. The SMILES string of the molecule is CC1=C2C[C@@H](C)C[C@H](C)[C@H](O)[C@@H](C)/C=C(\C)[C@H](OC(N)=O)[C@@H](C)/C=C\C=C(/C)C(=O)NC(=CC1=O)C2=O.COC1/C=C\C=C(/C)C(=O)NC2=CC(=O)C=C(C2=O)C(CO)C(C)CC(CO)C(OC)C(C)/C=C(\C)C1OC(N)=O.CO[C@H]1/C=C/C=C/C=C/C[C@H](OC(=O)[C@@H](C)CC(=O)C2CCCCC2)[C@H](C)[C@@H](O)/C(C)=C\CCc2cc(O)cc(c2)NC(=O)C1. The molecule has 6 aliphatic rings. The van der Waals surface area contributed by atoms with E-state index in [0.29, 0.717) is 66.5 Å². The molecule has 674 valence electrons. The zero-order valence-electron chi connectivity index (χ0n) is 74.5. The molecule has 18 atom stereocenters. The van der Waals surface area contributed by atoms with E-state index in [1.165, 1.54) is 51.9 Å². The highest BCUT2D eigenvalue weighted by Gasteiger charge is 2.38. The van der Waals surface area contributed by atoms with E-state index in [1.54, 1.807) is 83.4 Å². The number of nitrogens with one attached hydrogen (secondary N) is 3. The number of nitrogens with two attached hydrogens (primary N) is 2. The number of anilines is 1. The quantitative estimate of drug-likeness (QED) is 0.0402. The number of carbonyl (C=O) groups excluding carboxylic acids is 11. The number of esters is 1. The molecule has 7 unspecified atom stereocenters. The van der Waals surface area contributed by atoms with Crippen LogP contribution in [0.25, 0.3) is 0 Å². The molecule has 7 rings (SSSR count). The van der Waals surface area contributed by atoms with Gasteiger partial charge in [-0.1, -0.05) is 166 Å². The highest BCUT2D eigenvalue weighted by atomic mass is 16.6. The van der Waals surface area contributed by atoms with Crippen LogP contribution in [0.1, 0.15) is 180 Å². The molecule has 5 amide bonds. The number of ketones is 5. The van der Waals surface area contributed by atoms with Gasteiger partial charge < -0.3 is 81.4 Å². The molecular weight excluding hydrogens is 1580 g/mol. The summed E-state index contributed by atoms with van der Waals surface area (Å²) in [5.74, 6) is -6.63. The van der Waals surface area contributed by atoms with Crippen LogP contribution in [-0.4, -0.2) is 174 Å². The molecule has 12 N–H and O–H groups in total. The monoisotopic (exact) mass is 1710 g/mol. The highest BCUT2D eigenvalue weighted by Crippen LogP contribution is 2.37. The predicted molar refractivity (Wildman–Crippen MR) is 470 cm³/mol. The number of allylic oxidation sites excluding steroid dienone is 15. The zero-order chi connectivity index (χ0) is 91.6. The summed E-state index contributed by atoms with van der Waals surface area (Å²) in [6, 6.07) is 4.98. The molecular formula is C96H133N5O22. The van der Waals surface area contributed by atoms with E-state index in [0.717, 1.165) is 48.5 Å². The standard InChI is InChI=1S/C37H51NO7.C30H42N2O9.C29H40N2O6/c1-25-14-13-15-28-21-30(23-31(39)22-28)38-35(41)24-32(44-4)18-11-6-5-7-12-19-34(27(3)36(25)42)45-37(43)26(2)20-33(40)29-16-9-8-10-17-29;1-16-8-7-9-25(39-5)28(41-30(31)38)19(4)10-18(3)27(40-6)20(14-33)11-17(2)23(15-34)22-12-21(35)13-24(26(22)36)32-29(16)37;1-15-11-18(4)25(33)19(5)13-20(6)27(37-29(30)36)16(2)9-8-10-17(3)28(35)31-23-14-24(32)21(7)22(12-15)26(23)34/h5-7,11-12,14,18,21-23,26-27,29,32,34,36,39,42H,8-10,13,15-17,19-20,24H2,1-4H3,(H,38,41);7-10,12-13,17-18,20,23,25,27-28,33-34H,11,14-15H2,1-6H3,(H2,31,38)(H,32,37);8-10,13-16,18-19,25,27,33H,11-12H2,1-7H3,(H2,30,36)(H,31,35)/b6-5+,12-7+,18-11+,25-14-;9-7-,16-8+,19-10+;9-8-,17-10+,20-13+/t26-,27-,32-,34-,36-;;15-,16-,18-,19-,25-,27+/m0.0/s1. The van der Waals surface area contributed by atoms with Crippen LogP contribution in [0.3, 0.4) is 0 Å². The number of phenols is 1. The largest absolute Gasteiger partial charge is 0.508 e. The maximum absolute atomic E-state index is 13.3. The Bertz CT molecular complexity index is 4360. The molecule has 27 nitrogen and oxygen atoms in total. The van der Waals surface area contributed by atoms with Gasteiger partial charge in [0.1, 0.15) is 29.8 Å². The predicted octanol–water partition coefficient (Wildman–Crippen LogP) is 12.7. The van der Waals surface area contributed by atoms with Crippen LogP contribution in [0.4, 0.5) is 15.3 Å². The molecule has 3 aliphatic carbocycles. The second-order valence-corrected chi connectivity index (χ2v) is 33.6. The van der Waals surface area contributed by atoms with Crippen molar-refractivity contribution in [3.05, 3.63) is 189 Å². The normalized spacial score (nSPS) is 32.0. The molecule has 3 heterocycles. The lowest BCUT2D eigenvalue weighted by molar-refractivity contribution is -0.159. The number of Topliss-reactive ketones (excluding diaryl/α,β-unsaturated/α-hetero) is 3. The van der Waals surface area contributed by atoms with Crippen LogP contribution in [0.15, 0.2) is 184 Å². The molecule has 6 bridgehead atoms. The fourth-order valence-corrected chi connectivity index (χ4v) is 16.3. The number of hydrogen-bond acceptors (Lipinski definition) is 22. The first-order chi connectivity index (χ1) is 58.2. The van der Waals surface area contributed by atoms with Crippen molar-refractivity contribution in [3.8, 4) is 5.75 Å². The average molecular weight is 1710 g/mol. The fraction of sp³-hybridized carbons (Fsp3) is 0.531. The molecule has 0 radical (unpaired) electrons. The van der Waals surface area contributed by atoms with Gasteiger partial charge in [-0.15, -0.1) is 0 Å². The number of rotatable bonds is 12. The molecule has 1 saturated carbocycles. The number of amides is 5. The summed E-state index contributed by atoms with van der Waals surface area (Å²) in [6.07, 6.45) is 30.7. The number of aliphatic hydroxyl groups is 4. The van der Waals surface area contributed by atoms with Gasteiger partial charge in [0.2, 0.25) is 17.5 Å². The Morgan fingerprint density at radius 2 is 1.22 bits per heavy atom. The number of aryl methyl sites for hydroxylation is 1. The van der Waals surface area contributed by atoms with Gasteiger partial charge >= 0.3 is 18.2 Å². The molecule has 3 aliphatic heterocycles. The average Bonchev–Trinajstić information content (AvgIpc) is 0.937. The van der Waals surface area contributed by atoms with Gasteiger partial charge in [-0.3, -0.25) is 43.2 Å². The number of fused-ring (bicyclic) bond motifs is 6. The van der Waals surface area contributed by atoms with E-state index >= 15 is 0 Å². The number of phenolic OH excluding ortho intramolecular Hbond substituents is 1. The number of ether oxygens (including phenoxy) is 6. The summed E-state index contributed by atoms with van der Waals surface area (Å²) in [7, 11) is 4.50. The Morgan fingerprint density at radius 3 is 1.83 bits per heavy atom. The van der Waals surface area contributed by atoms with Crippen LogP contribution in [0.2, 0.25) is 0 Å². The van der Waals surface area contributed by atoms with Crippen molar-refractivity contribution < 1.29 is 107 Å². The van der Waals surface area contributed by atoms with Gasteiger partial charge in [0.25, 0.3) is 11.8 Å². The van der Waals surface area contributed by atoms with Crippen molar-refractivity contribution in [2.24, 2.45) is 76.6 Å². The Balaban J connectivity index is 0.000000329. The summed E-state index contributed by atoms with van der Waals surface area (Å²) in [4.78, 5) is 139. The van der Waals surface area contributed by atoms with Gasteiger partial charge in [-0.25, -0.2) is 9.59 Å². The molecule has 1 aromatic carbocycles. The smallest absolute Gasteiger partial charge is 0.405 e. The Kier molecular flexibility index (Phi) is 43.1. The summed E-state index contributed by atoms with van der Waals surface area (Å²) in [6.45, 7) is 24.5. The summed E-state index contributed by atoms with van der Waals surface area (Å²) in [5, 5.41) is 61.1. The van der Waals surface area contributed by atoms with Crippen molar-refractivity contribution in [3.63, 3.8) is 0 Å². The van der Waals surface area contributed by atoms with Gasteiger partial charge in [0.15, 0.2) is 17.7 Å². The van der Waals surface area contributed by atoms with E-state index < -0.39 is 121 Å². The number of carbonyl (C=O) groups is 11. The lowest BCUT2D eigenvalue weighted by Gasteiger charge is -2.34. The third kappa shape index (κ3) is 32.5. The van der Waals surface area contributed by atoms with Gasteiger partial charge in [-0.05, 0) is 145 Å². The number of primary amides is 2. The number of aliphatic hydroxyl groups excluding tert-OH is 4. The van der Waals surface area contributed by atoms with Crippen molar-refractivity contribution in [1.82, 2.24) is 10.6 Å². The lowest BCUT2D eigenvalue weighted by Crippen LogP contribution is -2.38. The highest BCUT2D eigenvalue weighted by molar-refractivity contribution is 6.24. The van der Waals surface area contributed by atoms with Gasteiger partial charge in [0.05, 0.1) is 54.8 Å². The first kappa shape index (κ1) is 103. The molecule has 0 saturated heterocycles. The third-order valence-corrected chi connectivity index (χ3v) is 23.5. The minimum atomic E-state index is -0.997. The number of methoxy groups -OCH3 is 3. The topological polar surface area (TPSA) is 432 Å². The van der Waals surface area contributed by atoms with Crippen LogP contribution in [0, 0.1) is 65.1 Å². The molecule has 0 aromatic heterocycles.